The van der Waals surface area contributed by atoms with Crippen LogP contribution in [0, 0.1) is 11.3 Å². The molecule has 1 nitrogen and oxygen atoms in total. The highest BCUT2D eigenvalue weighted by molar-refractivity contribution is 9.10. The molecule has 1 spiro atoms. The van der Waals surface area contributed by atoms with Crippen LogP contribution in [0.5, 0.6) is 0 Å². The highest BCUT2D eigenvalue weighted by Gasteiger charge is 2.54. The van der Waals surface area contributed by atoms with Gasteiger partial charge in [-0.05, 0) is 66.8 Å². The first-order chi connectivity index (χ1) is 8.59. The summed E-state index contributed by atoms with van der Waals surface area (Å²) in [5.41, 5.74) is 3.80. The minimum Gasteiger partial charge on any atom is -0.314 e. The highest BCUT2D eigenvalue weighted by Crippen LogP contribution is 2.59. The van der Waals surface area contributed by atoms with E-state index in [9.17, 15) is 0 Å². The zero-order valence-corrected chi connectivity index (χ0v) is 12.9. The van der Waals surface area contributed by atoms with Crippen LogP contribution >= 0.6 is 15.9 Å². The number of rotatable bonds is 3. The molecule has 2 atom stereocenters. The van der Waals surface area contributed by atoms with Gasteiger partial charge in [0.2, 0.25) is 0 Å². The number of nitrogens with one attached hydrogen (secondary N) is 1. The quantitative estimate of drug-likeness (QED) is 0.892. The van der Waals surface area contributed by atoms with E-state index < -0.39 is 0 Å². The Kier molecular flexibility index (Phi) is 3.27. The molecule has 0 aromatic heterocycles. The lowest BCUT2D eigenvalue weighted by Gasteiger charge is -2.26. The SMILES string of the molecule is CC(C)NCC1CC12CCc1cc(Br)ccc1C2. The molecule has 2 aliphatic carbocycles. The molecular weight excluding hydrogens is 286 g/mol. The molecule has 2 heteroatoms. The molecule has 1 aromatic rings. The molecule has 2 unspecified atom stereocenters. The molecule has 1 saturated carbocycles. The van der Waals surface area contributed by atoms with Crippen LogP contribution in [0.4, 0.5) is 0 Å². The summed E-state index contributed by atoms with van der Waals surface area (Å²) in [6.07, 6.45) is 5.40. The number of halogens is 1. The molecule has 1 fully saturated rings. The van der Waals surface area contributed by atoms with Gasteiger partial charge in [0, 0.05) is 10.5 Å². The molecule has 0 amide bonds. The maximum atomic E-state index is 3.60. The maximum absolute atomic E-state index is 3.60. The smallest absolute Gasteiger partial charge is 0.0178 e. The fourth-order valence-electron chi connectivity index (χ4n) is 3.47. The van der Waals surface area contributed by atoms with Crippen molar-refractivity contribution in [3.63, 3.8) is 0 Å². The van der Waals surface area contributed by atoms with E-state index in [0.717, 1.165) is 5.92 Å². The predicted molar refractivity (Wildman–Crippen MR) is 79.8 cm³/mol. The van der Waals surface area contributed by atoms with Crippen LogP contribution < -0.4 is 5.32 Å². The molecule has 0 bridgehead atoms. The van der Waals surface area contributed by atoms with Gasteiger partial charge in [0.1, 0.15) is 0 Å². The molecule has 98 valence electrons. The lowest BCUT2D eigenvalue weighted by molar-refractivity contribution is 0.379. The second-order valence-electron chi connectivity index (χ2n) is 6.42. The van der Waals surface area contributed by atoms with Gasteiger partial charge in [0.15, 0.2) is 0 Å². The summed E-state index contributed by atoms with van der Waals surface area (Å²) in [5, 5.41) is 3.60. The number of benzene rings is 1. The molecule has 0 radical (unpaired) electrons. The van der Waals surface area contributed by atoms with Gasteiger partial charge >= 0.3 is 0 Å². The standard InChI is InChI=1S/C16H22BrN/c1-11(2)18-10-14-9-16(14)6-5-12-7-15(17)4-3-13(12)8-16/h3-4,7,11,14,18H,5-6,8-10H2,1-2H3. The van der Waals surface area contributed by atoms with Crippen LogP contribution in [0.2, 0.25) is 0 Å². The van der Waals surface area contributed by atoms with Crippen molar-refractivity contribution in [1.82, 2.24) is 5.32 Å². The first-order valence-electron chi connectivity index (χ1n) is 7.10. The summed E-state index contributed by atoms with van der Waals surface area (Å²) in [6, 6.07) is 7.45. The number of hydrogen-bond acceptors (Lipinski definition) is 1. The van der Waals surface area contributed by atoms with E-state index in [2.05, 4.69) is 53.3 Å². The highest BCUT2D eigenvalue weighted by atomic mass is 79.9. The lowest BCUT2D eigenvalue weighted by Crippen LogP contribution is -2.28. The second kappa shape index (κ2) is 4.64. The minimum atomic E-state index is 0.620. The molecule has 3 rings (SSSR count). The third kappa shape index (κ3) is 2.37. The lowest BCUT2D eigenvalue weighted by atomic mass is 9.80. The van der Waals surface area contributed by atoms with Crippen molar-refractivity contribution in [2.75, 3.05) is 6.54 Å². The van der Waals surface area contributed by atoms with Gasteiger partial charge in [-0.25, -0.2) is 0 Å². The van der Waals surface area contributed by atoms with Crippen LogP contribution in [0.1, 0.15) is 37.8 Å². The van der Waals surface area contributed by atoms with E-state index in [1.165, 1.54) is 36.7 Å². The summed E-state index contributed by atoms with van der Waals surface area (Å²) < 4.78 is 1.23. The summed E-state index contributed by atoms with van der Waals surface area (Å²) in [6.45, 7) is 5.69. The number of aryl methyl sites for hydroxylation is 1. The van der Waals surface area contributed by atoms with Crippen LogP contribution in [0.25, 0.3) is 0 Å². The van der Waals surface area contributed by atoms with Crippen molar-refractivity contribution in [2.24, 2.45) is 11.3 Å². The molecule has 1 N–H and O–H groups in total. The van der Waals surface area contributed by atoms with Crippen molar-refractivity contribution in [2.45, 2.75) is 45.6 Å². The van der Waals surface area contributed by atoms with Gasteiger partial charge in [-0.3, -0.25) is 0 Å². The van der Waals surface area contributed by atoms with Gasteiger partial charge in [-0.15, -0.1) is 0 Å². The summed E-state index contributed by atoms with van der Waals surface area (Å²) in [7, 11) is 0. The molecule has 1 aromatic carbocycles. The van der Waals surface area contributed by atoms with E-state index in [1.54, 1.807) is 11.1 Å². The first kappa shape index (κ1) is 12.7. The third-order valence-electron chi connectivity index (χ3n) is 4.73. The zero-order valence-electron chi connectivity index (χ0n) is 11.3. The van der Waals surface area contributed by atoms with Gasteiger partial charge in [0.25, 0.3) is 0 Å². The average molecular weight is 308 g/mol. The third-order valence-corrected chi connectivity index (χ3v) is 5.23. The Labute approximate surface area is 118 Å². The second-order valence-corrected chi connectivity index (χ2v) is 7.33. The van der Waals surface area contributed by atoms with E-state index in [4.69, 9.17) is 0 Å². The normalized spacial score (nSPS) is 29.7. The van der Waals surface area contributed by atoms with Gasteiger partial charge in [-0.1, -0.05) is 35.8 Å². The molecule has 0 saturated heterocycles. The Bertz CT molecular complexity index is 454. The predicted octanol–water partition coefficient (Wildman–Crippen LogP) is 3.94. The van der Waals surface area contributed by atoms with Gasteiger partial charge in [-0.2, -0.15) is 0 Å². The van der Waals surface area contributed by atoms with Crippen molar-refractivity contribution < 1.29 is 0 Å². The monoisotopic (exact) mass is 307 g/mol. The zero-order chi connectivity index (χ0) is 12.8. The fraction of sp³-hybridized carbons (Fsp3) is 0.625. The van der Waals surface area contributed by atoms with E-state index >= 15 is 0 Å². The molecule has 2 aliphatic rings. The summed E-state index contributed by atoms with van der Waals surface area (Å²) in [5.74, 6) is 0.914. The largest absolute Gasteiger partial charge is 0.314 e. The summed E-state index contributed by atoms with van der Waals surface area (Å²) >= 11 is 3.58. The van der Waals surface area contributed by atoms with Crippen LogP contribution in [-0.4, -0.2) is 12.6 Å². The van der Waals surface area contributed by atoms with Crippen LogP contribution in [-0.2, 0) is 12.8 Å². The average Bonchev–Trinajstić information content (AvgIpc) is 3.00. The molecule has 18 heavy (non-hydrogen) atoms. The number of fused-ring (bicyclic) bond motifs is 1. The molecule has 0 aliphatic heterocycles. The van der Waals surface area contributed by atoms with Crippen molar-refractivity contribution in [1.29, 1.82) is 0 Å². The Hall–Kier alpha value is -0.340. The first-order valence-corrected chi connectivity index (χ1v) is 7.89. The Balaban J connectivity index is 1.67. The van der Waals surface area contributed by atoms with E-state index in [1.807, 2.05) is 0 Å². The molecular formula is C16H22BrN. The summed E-state index contributed by atoms with van der Waals surface area (Å²) in [4.78, 5) is 0. The van der Waals surface area contributed by atoms with E-state index in [0.29, 0.717) is 11.5 Å². The van der Waals surface area contributed by atoms with Gasteiger partial charge in [0.05, 0.1) is 0 Å². The Morgan fingerprint density at radius 2 is 2.22 bits per heavy atom. The molecule has 0 heterocycles. The van der Waals surface area contributed by atoms with Crippen molar-refractivity contribution >= 4 is 15.9 Å². The Morgan fingerprint density at radius 1 is 1.39 bits per heavy atom. The van der Waals surface area contributed by atoms with E-state index in [-0.39, 0.29) is 0 Å². The van der Waals surface area contributed by atoms with Gasteiger partial charge < -0.3 is 5.32 Å². The fourth-order valence-corrected chi connectivity index (χ4v) is 3.88. The number of hydrogen-bond donors (Lipinski definition) is 1. The van der Waals surface area contributed by atoms with Crippen molar-refractivity contribution in [3.05, 3.63) is 33.8 Å². The minimum absolute atomic E-state index is 0.620. The topological polar surface area (TPSA) is 12.0 Å². The Morgan fingerprint density at radius 3 is 3.00 bits per heavy atom. The maximum Gasteiger partial charge on any atom is 0.0178 e. The van der Waals surface area contributed by atoms with Crippen LogP contribution in [0.3, 0.4) is 0 Å². The van der Waals surface area contributed by atoms with Crippen LogP contribution in [0.15, 0.2) is 22.7 Å². The van der Waals surface area contributed by atoms with Crippen molar-refractivity contribution in [3.8, 4) is 0 Å².